The van der Waals surface area contributed by atoms with Gasteiger partial charge in [0.15, 0.2) is 0 Å². The molecule has 2 nitrogen and oxygen atoms in total. The SMILES string of the molecule is CC(C)CC1CN(C)C[C@](C)(O)C1. The molecule has 0 aliphatic carbocycles. The summed E-state index contributed by atoms with van der Waals surface area (Å²) < 4.78 is 0. The Balaban J connectivity index is 2.48. The fraction of sp³-hybridized carbons (Fsp3) is 1.00. The van der Waals surface area contributed by atoms with Gasteiger partial charge in [0.2, 0.25) is 0 Å². The van der Waals surface area contributed by atoms with Gasteiger partial charge in [-0.2, -0.15) is 0 Å². The van der Waals surface area contributed by atoms with Crippen LogP contribution < -0.4 is 0 Å². The summed E-state index contributed by atoms with van der Waals surface area (Å²) >= 11 is 0. The zero-order chi connectivity index (χ0) is 10.1. The Morgan fingerprint density at radius 1 is 1.54 bits per heavy atom. The molecule has 78 valence electrons. The van der Waals surface area contributed by atoms with E-state index in [4.69, 9.17) is 0 Å². The molecule has 0 radical (unpaired) electrons. The minimum Gasteiger partial charge on any atom is -0.389 e. The van der Waals surface area contributed by atoms with Crippen molar-refractivity contribution in [3.63, 3.8) is 0 Å². The molecular formula is C11H23NO. The van der Waals surface area contributed by atoms with Crippen molar-refractivity contribution in [3.05, 3.63) is 0 Å². The number of β-amino-alcohol motifs (C(OH)–C–C–N with tert-alkyl or cyclic N) is 1. The van der Waals surface area contributed by atoms with Crippen LogP contribution in [0.2, 0.25) is 0 Å². The topological polar surface area (TPSA) is 23.5 Å². The van der Waals surface area contributed by atoms with Gasteiger partial charge in [0.25, 0.3) is 0 Å². The molecule has 1 aliphatic heterocycles. The number of rotatable bonds is 2. The molecule has 1 fully saturated rings. The van der Waals surface area contributed by atoms with E-state index in [-0.39, 0.29) is 0 Å². The summed E-state index contributed by atoms with van der Waals surface area (Å²) in [5, 5.41) is 9.99. The lowest BCUT2D eigenvalue weighted by Crippen LogP contribution is -2.48. The average molecular weight is 185 g/mol. The van der Waals surface area contributed by atoms with Crippen LogP contribution in [0.1, 0.15) is 33.6 Å². The number of piperidine rings is 1. The molecule has 1 aliphatic rings. The highest BCUT2D eigenvalue weighted by Crippen LogP contribution is 2.28. The van der Waals surface area contributed by atoms with Crippen LogP contribution in [0.15, 0.2) is 0 Å². The molecule has 1 heterocycles. The van der Waals surface area contributed by atoms with Gasteiger partial charge in [-0.05, 0) is 38.6 Å². The van der Waals surface area contributed by atoms with Gasteiger partial charge in [-0.25, -0.2) is 0 Å². The molecular weight excluding hydrogens is 162 g/mol. The van der Waals surface area contributed by atoms with Crippen LogP contribution in [0, 0.1) is 11.8 Å². The zero-order valence-corrected chi connectivity index (χ0v) is 9.38. The Kier molecular flexibility index (Phi) is 3.36. The molecule has 1 saturated heterocycles. The molecule has 0 aromatic heterocycles. The van der Waals surface area contributed by atoms with Crippen molar-refractivity contribution in [2.45, 2.75) is 39.2 Å². The number of hydrogen-bond donors (Lipinski definition) is 1. The van der Waals surface area contributed by atoms with E-state index < -0.39 is 5.60 Å². The summed E-state index contributed by atoms with van der Waals surface area (Å²) in [7, 11) is 2.10. The monoisotopic (exact) mass is 185 g/mol. The van der Waals surface area contributed by atoms with Gasteiger partial charge in [-0.15, -0.1) is 0 Å². The van der Waals surface area contributed by atoms with Crippen molar-refractivity contribution < 1.29 is 5.11 Å². The maximum absolute atomic E-state index is 9.99. The summed E-state index contributed by atoms with van der Waals surface area (Å²) in [6.45, 7) is 8.43. The normalized spacial score (nSPS) is 36.9. The standard InChI is InChI=1S/C11H23NO/c1-9(2)5-10-6-11(3,13)8-12(4)7-10/h9-10,13H,5-8H2,1-4H3/t10?,11-/m1/s1. The number of hydrogen-bond acceptors (Lipinski definition) is 2. The summed E-state index contributed by atoms with van der Waals surface area (Å²) in [5.74, 6) is 1.42. The first-order valence-corrected chi connectivity index (χ1v) is 5.30. The average Bonchev–Trinajstić information content (AvgIpc) is 1.78. The molecule has 0 aromatic rings. The van der Waals surface area contributed by atoms with Crippen molar-refractivity contribution in [1.82, 2.24) is 4.90 Å². The fourth-order valence-corrected chi connectivity index (χ4v) is 2.66. The Bertz CT molecular complexity index is 163. The summed E-state index contributed by atoms with van der Waals surface area (Å²) in [6, 6.07) is 0. The highest BCUT2D eigenvalue weighted by Gasteiger charge is 2.32. The van der Waals surface area contributed by atoms with Gasteiger partial charge >= 0.3 is 0 Å². The van der Waals surface area contributed by atoms with Crippen molar-refractivity contribution >= 4 is 0 Å². The summed E-state index contributed by atoms with van der Waals surface area (Å²) in [4.78, 5) is 2.25. The van der Waals surface area contributed by atoms with E-state index in [0.29, 0.717) is 5.92 Å². The van der Waals surface area contributed by atoms with Crippen molar-refractivity contribution in [1.29, 1.82) is 0 Å². The van der Waals surface area contributed by atoms with E-state index in [1.807, 2.05) is 6.92 Å². The Labute approximate surface area is 81.9 Å². The van der Waals surface area contributed by atoms with Gasteiger partial charge < -0.3 is 10.0 Å². The van der Waals surface area contributed by atoms with Crippen LogP contribution in [0.5, 0.6) is 0 Å². The highest BCUT2D eigenvalue weighted by atomic mass is 16.3. The van der Waals surface area contributed by atoms with E-state index in [2.05, 4.69) is 25.8 Å². The summed E-state index contributed by atoms with van der Waals surface area (Å²) in [6.07, 6.45) is 2.20. The molecule has 1 unspecified atom stereocenters. The Morgan fingerprint density at radius 3 is 2.62 bits per heavy atom. The third-order valence-electron chi connectivity index (χ3n) is 2.71. The summed E-state index contributed by atoms with van der Waals surface area (Å²) in [5.41, 5.74) is -0.466. The van der Waals surface area contributed by atoms with Crippen molar-refractivity contribution in [3.8, 4) is 0 Å². The maximum atomic E-state index is 9.99. The first-order chi connectivity index (χ1) is 5.89. The molecule has 1 N–H and O–H groups in total. The van der Waals surface area contributed by atoms with Crippen LogP contribution in [0.3, 0.4) is 0 Å². The van der Waals surface area contributed by atoms with Crippen molar-refractivity contribution in [2.75, 3.05) is 20.1 Å². The van der Waals surface area contributed by atoms with Crippen LogP contribution in [-0.2, 0) is 0 Å². The molecule has 0 saturated carbocycles. The van der Waals surface area contributed by atoms with E-state index in [1.165, 1.54) is 6.42 Å². The molecule has 2 heteroatoms. The largest absolute Gasteiger partial charge is 0.389 e. The fourth-order valence-electron chi connectivity index (χ4n) is 2.66. The Hall–Kier alpha value is -0.0800. The zero-order valence-electron chi connectivity index (χ0n) is 9.38. The number of likely N-dealkylation sites (tertiary alicyclic amines) is 1. The molecule has 0 amide bonds. The first-order valence-electron chi connectivity index (χ1n) is 5.30. The smallest absolute Gasteiger partial charge is 0.0749 e. The van der Waals surface area contributed by atoms with Crippen LogP contribution in [-0.4, -0.2) is 35.7 Å². The number of nitrogens with zero attached hydrogens (tertiary/aromatic N) is 1. The van der Waals surface area contributed by atoms with E-state index in [9.17, 15) is 5.11 Å². The lowest BCUT2D eigenvalue weighted by Gasteiger charge is -2.40. The third-order valence-corrected chi connectivity index (χ3v) is 2.71. The molecule has 0 spiro atoms. The van der Waals surface area contributed by atoms with Crippen molar-refractivity contribution in [2.24, 2.45) is 11.8 Å². The lowest BCUT2D eigenvalue weighted by molar-refractivity contribution is -0.0342. The molecule has 2 atom stereocenters. The highest BCUT2D eigenvalue weighted by molar-refractivity contribution is 4.86. The van der Waals surface area contributed by atoms with E-state index in [1.54, 1.807) is 0 Å². The van der Waals surface area contributed by atoms with Gasteiger partial charge in [-0.1, -0.05) is 13.8 Å². The number of likely N-dealkylation sites (N-methyl/N-ethyl adjacent to an activating group) is 1. The predicted molar refractivity (Wildman–Crippen MR) is 55.7 cm³/mol. The minimum atomic E-state index is -0.466. The lowest BCUT2D eigenvalue weighted by atomic mass is 9.82. The van der Waals surface area contributed by atoms with E-state index in [0.717, 1.165) is 25.4 Å². The van der Waals surface area contributed by atoms with Crippen LogP contribution in [0.25, 0.3) is 0 Å². The number of aliphatic hydroxyl groups is 1. The minimum absolute atomic E-state index is 0.466. The molecule has 1 rings (SSSR count). The first kappa shape index (κ1) is 11.0. The van der Waals surface area contributed by atoms with E-state index >= 15 is 0 Å². The molecule has 0 bridgehead atoms. The third kappa shape index (κ3) is 3.65. The van der Waals surface area contributed by atoms with Crippen LogP contribution >= 0.6 is 0 Å². The second-order valence-corrected chi connectivity index (χ2v) is 5.39. The van der Waals surface area contributed by atoms with Gasteiger partial charge in [0, 0.05) is 13.1 Å². The van der Waals surface area contributed by atoms with Gasteiger partial charge in [0.05, 0.1) is 5.60 Å². The van der Waals surface area contributed by atoms with Gasteiger partial charge in [-0.3, -0.25) is 0 Å². The van der Waals surface area contributed by atoms with Gasteiger partial charge in [0.1, 0.15) is 0 Å². The molecule has 13 heavy (non-hydrogen) atoms. The predicted octanol–water partition coefficient (Wildman–Crippen LogP) is 1.74. The maximum Gasteiger partial charge on any atom is 0.0749 e. The second kappa shape index (κ2) is 3.97. The second-order valence-electron chi connectivity index (χ2n) is 5.39. The molecule has 0 aromatic carbocycles. The Morgan fingerprint density at radius 2 is 2.15 bits per heavy atom. The quantitative estimate of drug-likeness (QED) is 0.708. The van der Waals surface area contributed by atoms with Crippen LogP contribution in [0.4, 0.5) is 0 Å².